The number of hydrogen-bond donors (Lipinski definition) is 1. The number of halogens is 1. The summed E-state index contributed by atoms with van der Waals surface area (Å²) >= 11 is 6.36. The number of nitrogens with one attached hydrogen (secondary N) is 1. The van der Waals surface area contributed by atoms with E-state index in [1.54, 1.807) is 6.92 Å². The average molecular weight is 326 g/mol. The lowest BCUT2D eigenvalue weighted by Crippen LogP contribution is -2.48. The van der Waals surface area contributed by atoms with Gasteiger partial charge in [-0.2, -0.15) is 0 Å². The van der Waals surface area contributed by atoms with Gasteiger partial charge < -0.3 is 15.0 Å². The highest BCUT2D eigenvalue weighted by Gasteiger charge is 2.25. The fourth-order valence-electron chi connectivity index (χ4n) is 2.68. The highest BCUT2D eigenvalue weighted by atomic mass is 35.5. The smallest absolute Gasteiger partial charge is 0.407 e. The van der Waals surface area contributed by atoms with E-state index in [-0.39, 0.29) is 12.1 Å². The minimum Gasteiger partial charge on any atom is -0.450 e. The van der Waals surface area contributed by atoms with Gasteiger partial charge in [-0.15, -0.1) is 0 Å². The zero-order chi connectivity index (χ0) is 15.9. The highest BCUT2D eigenvalue weighted by molar-refractivity contribution is 6.31. The van der Waals surface area contributed by atoms with Crippen LogP contribution >= 0.6 is 11.6 Å². The topological polar surface area (TPSA) is 44.8 Å². The molecular formula is C16H24ClN3O2. The molecule has 1 aliphatic rings. The Morgan fingerprint density at radius 1 is 1.32 bits per heavy atom. The summed E-state index contributed by atoms with van der Waals surface area (Å²) in [6.07, 6.45) is -0.381. The van der Waals surface area contributed by atoms with Crippen molar-refractivity contribution in [3.63, 3.8) is 0 Å². The lowest BCUT2D eigenvalue weighted by molar-refractivity contribution is 0.105. The number of hydrogen-bond acceptors (Lipinski definition) is 4. The summed E-state index contributed by atoms with van der Waals surface area (Å²) in [5.74, 6) is 0. The highest BCUT2D eigenvalue weighted by Crippen LogP contribution is 2.27. The van der Waals surface area contributed by atoms with E-state index in [0.29, 0.717) is 13.2 Å². The molecule has 1 aromatic rings. The molecule has 1 fully saturated rings. The Balaban J connectivity index is 2.10. The fraction of sp³-hybridized carbons (Fsp3) is 0.562. The average Bonchev–Trinajstić information content (AvgIpc) is 2.51. The van der Waals surface area contributed by atoms with Crippen molar-refractivity contribution in [2.75, 3.05) is 46.4 Å². The second-order valence-electron chi connectivity index (χ2n) is 5.48. The monoisotopic (exact) mass is 325 g/mol. The second kappa shape index (κ2) is 8.36. The molecule has 1 saturated heterocycles. The number of piperazine rings is 1. The molecule has 0 bridgehead atoms. The van der Waals surface area contributed by atoms with E-state index in [1.165, 1.54) is 0 Å². The van der Waals surface area contributed by atoms with Crippen LogP contribution < -0.4 is 5.32 Å². The van der Waals surface area contributed by atoms with Crippen LogP contribution in [0.4, 0.5) is 4.79 Å². The molecule has 1 amide bonds. The third kappa shape index (κ3) is 4.60. The molecule has 1 aliphatic heterocycles. The second-order valence-corrected chi connectivity index (χ2v) is 5.89. The van der Waals surface area contributed by atoms with Crippen molar-refractivity contribution in [3.8, 4) is 0 Å². The molecule has 122 valence electrons. The van der Waals surface area contributed by atoms with Crippen LogP contribution in [0.2, 0.25) is 5.02 Å². The lowest BCUT2D eigenvalue weighted by atomic mass is 10.0. The van der Waals surface area contributed by atoms with E-state index in [4.69, 9.17) is 16.3 Å². The number of ether oxygens (including phenoxy) is 1. The SMILES string of the molecule is CCOC(=O)NCC(c1ccccc1Cl)N1CCN(C)CC1. The van der Waals surface area contributed by atoms with Crippen LogP contribution in [0, 0.1) is 0 Å². The van der Waals surface area contributed by atoms with Crippen LogP contribution in [-0.4, -0.2) is 62.3 Å². The molecular weight excluding hydrogens is 302 g/mol. The fourth-order valence-corrected chi connectivity index (χ4v) is 2.94. The number of carbonyl (C=O) groups excluding carboxylic acids is 1. The van der Waals surface area contributed by atoms with Crippen molar-refractivity contribution >= 4 is 17.7 Å². The van der Waals surface area contributed by atoms with Gasteiger partial charge in [-0.25, -0.2) is 4.79 Å². The van der Waals surface area contributed by atoms with Gasteiger partial charge in [-0.3, -0.25) is 4.90 Å². The van der Waals surface area contributed by atoms with Crippen molar-refractivity contribution < 1.29 is 9.53 Å². The van der Waals surface area contributed by atoms with Gasteiger partial charge in [0.25, 0.3) is 0 Å². The van der Waals surface area contributed by atoms with Gasteiger partial charge in [0.15, 0.2) is 0 Å². The van der Waals surface area contributed by atoms with E-state index >= 15 is 0 Å². The number of carbonyl (C=O) groups is 1. The molecule has 1 unspecified atom stereocenters. The van der Waals surface area contributed by atoms with Gasteiger partial charge >= 0.3 is 6.09 Å². The van der Waals surface area contributed by atoms with Crippen molar-refractivity contribution in [3.05, 3.63) is 34.9 Å². The maximum atomic E-state index is 11.6. The van der Waals surface area contributed by atoms with Crippen molar-refractivity contribution in [2.24, 2.45) is 0 Å². The van der Waals surface area contributed by atoms with Crippen molar-refractivity contribution in [1.29, 1.82) is 0 Å². The van der Waals surface area contributed by atoms with E-state index in [1.807, 2.05) is 24.3 Å². The molecule has 0 aliphatic carbocycles. The van der Waals surface area contributed by atoms with Crippen LogP contribution in [0.3, 0.4) is 0 Å². The predicted octanol–water partition coefficient (Wildman–Crippen LogP) is 2.37. The summed E-state index contributed by atoms with van der Waals surface area (Å²) in [5, 5.41) is 3.58. The van der Waals surface area contributed by atoms with Crippen LogP contribution in [0.15, 0.2) is 24.3 Å². The molecule has 1 N–H and O–H groups in total. The van der Waals surface area contributed by atoms with Crippen LogP contribution in [-0.2, 0) is 4.74 Å². The third-order valence-electron chi connectivity index (χ3n) is 3.96. The zero-order valence-corrected chi connectivity index (χ0v) is 14.0. The molecule has 1 heterocycles. The first-order valence-electron chi connectivity index (χ1n) is 7.69. The maximum Gasteiger partial charge on any atom is 0.407 e. The largest absolute Gasteiger partial charge is 0.450 e. The van der Waals surface area contributed by atoms with Gasteiger partial charge in [-0.05, 0) is 25.6 Å². The third-order valence-corrected chi connectivity index (χ3v) is 4.30. The van der Waals surface area contributed by atoms with E-state index in [0.717, 1.165) is 36.8 Å². The van der Waals surface area contributed by atoms with Gasteiger partial charge in [-0.1, -0.05) is 29.8 Å². The minimum atomic E-state index is -0.381. The molecule has 0 spiro atoms. The standard InChI is InChI=1S/C16H24ClN3O2/c1-3-22-16(21)18-12-15(13-6-4-5-7-14(13)17)20-10-8-19(2)9-11-20/h4-7,15H,3,8-12H2,1-2H3,(H,18,21). The first-order valence-corrected chi connectivity index (χ1v) is 8.07. The Labute approximate surface area is 137 Å². The summed E-state index contributed by atoms with van der Waals surface area (Å²) in [6, 6.07) is 7.88. The van der Waals surface area contributed by atoms with Crippen LogP contribution in [0.1, 0.15) is 18.5 Å². The van der Waals surface area contributed by atoms with Crippen LogP contribution in [0.5, 0.6) is 0 Å². The lowest BCUT2D eigenvalue weighted by Gasteiger charge is -2.38. The maximum absolute atomic E-state index is 11.6. The van der Waals surface area contributed by atoms with E-state index < -0.39 is 0 Å². The Kier molecular flexibility index (Phi) is 6.49. The minimum absolute atomic E-state index is 0.0619. The summed E-state index contributed by atoms with van der Waals surface area (Å²) in [6.45, 7) is 6.60. The quantitative estimate of drug-likeness (QED) is 0.902. The molecule has 6 heteroatoms. The van der Waals surface area contributed by atoms with Gasteiger partial charge in [0.05, 0.1) is 12.6 Å². The predicted molar refractivity (Wildman–Crippen MR) is 88.3 cm³/mol. The summed E-state index contributed by atoms with van der Waals surface area (Å²) < 4.78 is 4.95. The number of benzene rings is 1. The molecule has 5 nitrogen and oxygen atoms in total. The molecule has 0 saturated carbocycles. The number of nitrogens with zero attached hydrogens (tertiary/aromatic N) is 2. The Morgan fingerprint density at radius 3 is 2.64 bits per heavy atom. The van der Waals surface area contributed by atoms with E-state index in [2.05, 4.69) is 22.2 Å². The Bertz CT molecular complexity index is 490. The summed E-state index contributed by atoms with van der Waals surface area (Å²) in [4.78, 5) is 16.3. The van der Waals surface area contributed by atoms with Gasteiger partial charge in [0.2, 0.25) is 0 Å². The number of amides is 1. The number of rotatable bonds is 5. The molecule has 0 aromatic heterocycles. The number of likely N-dealkylation sites (N-methyl/N-ethyl adjacent to an activating group) is 1. The molecule has 22 heavy (non-hydrogen) atoms. The molecule has 2 rings (SSSR count). The normalized spacial score (nSPS) is 18.0. The van der Waals surface area contributed by atoms with E-state index in [9.17, 15) is 4.79 Å². The first-order chi connectivity index (χ1) is 10.6. The van der Waals surface area contributed by atoms with Gasteiger partial charge in [0, 0.05) is 37.7 Å². The van der Waals surface area contributed by atoms with Gasteiger partial charge in [0.1, 0.15) is 0 Å². The number of alkyl carbamates (subject to hydrolysis) is 1. The summed E-state index contributed by atoms with van der Waals surface area (Å²) in [7, 11) is 2.12. The first kappa shape index (κ1) is 17.1. The van der Waals surface area contributed by atoms with Crippen LogP contribution in [0.25, 0.3) is 0 Å². The molecule has 0 radical (unpaired) electrons. The Morgan fingerprint density at radius 2 is 2.00 bits per heavy atom. The zero-order valence-electron chi connectivity index (χ0n) is 13.2. The van der Waals surface area contributed by atoms with Crippen molar-refractivity contribution in [2.45, 2.75) is 13.0 Å². The Hall–Kier alpha value is -1.30. The van der Waals surface area contributed by atoms with Crippen molar-refractivity contribution in [1.82, 2.24) is 15.1 Å². The molecule has 1 aromatic carbocycles. The summed E-state index contributed by atoms with van der Waals surface area (Å²) in [5.41, 5.74) is 1.05. The molecule has 1 atom stereocenters.